The Bertz CT molecular complexity index is 852. The molecule has 1 unspecified atom stereocenters. The maximum absolute atomic E-state index is 13.1. The van der Waals surface area contributed by atoms with Crippen molar-refractivity contribution in [1.29, 1.82) is 0 Å². The lowest BCUT2D eigenvalue weighted by molar-refractivity contribution is -0.387. The third kappa shape index (κ3) is 3.72. The third-order valence-electron chi connectivity index (χ3n) is 4.58. The normalized spacial score (nSPS) is 19.3. The molecule has 1 saturated heterocycles. The van der Waals surface area contributed by atoms with Gasteiger partial charge in [0.05, 0.1) is 4.92 Å². The molecule has 1 atom stereocenters. The zero-order chi connectivity index (χ0) is 17.9. The quantitative estimate of drug-likeness (QED) is 0.617. The van der Waals surface area contributed by atoms with Crippen LogP contribution < -0.4 is 0 Å². The minimum Gasteiger partial charge on any atom is -0.258 e. The van der Waals surface area contributed by atoms with Gasteiger partial charge in [-0.05, 0) is 30.4 Å². The molecule has 0 saturated carbocycles. The van der Waals surface area contributed by atoms with Gasteiger partial charge in [-0.3, -0.25) is 10.1 Å². The van der Waals surface area contributed by atoms with Crippen LogP contribution in [0.3, 0.4) is 0 Å². The van der Waals surface area contributed by atoms with Gasteiger partial charge in [0.1, 0.15) is 0 Å². The predicted octanol–water partition coefficient (Wildman–Crippen LogP) is 3.55. The highest BCUT2D eigenvalue weighted by molar-refractivity contribution is 7.89. The second kappa shape index (κ2) is 7.33. The molecule has 0 radical (unpaired) electrons. The van der Waals surface area contributed by atoms with Gasteiger partial charge < -0.3 is 0 Å². The van der Waals surface area contributed by atoms with Gasteiger partial charge in [0.2, 0.25) is 10.0 Å². The van der Waals surface area contributed by atoms with Gasteiger partial charge in [0.25, 0.3) is 5.69 Å². The van der Waals surface area contributed by atoms with Crippen LogP contribution in [0.25, 0.3) is 0 Å². The second-order valence-corrected chi connectivity index (χ2v) is 8.10. The molecule has 1 heterocycles. The van der Waals surface area contributed by atoms with Gasteiger partial charge >= 0.3 is 0 Å². The minimum absolute atomic E-state index is 0.0984. The molecule has 1 aliphatic heterocycles. The highest BCUT2D eigenvalue weighted by Gasteiger charge is 2.33. The van der Waals surface area contributed by atoms with Crippen LogP contribution in [0.15, 0.2) is 59.5 Å². The third-order valence-corrected chi connectivity index (χ3v) is 6.50. The Balaban J connectivity index is 1.95. The van der Waals surface area contributed by atoms with Crippen molar-refractivity contribution in [2.75, 3.05) is 13.1 Å². The fourth-order valence-corrected chi connectivity index (χ4v) is 4.97. The Morgan fingerprint density at radius 2 is 1.68 bits per heavy atom. The summed E-state index contributed by atoms with van der Waals surface area (Å²) < 4.78 is 27.5. The Morgan fingerprint density at radius 3 is 2.40 bits per heavy atom. The van der Waals surface area contributed by atoms with Crippen molar-refractivity contribution >= 4 is 15.7 Å². The Kier molecular flexibility index (Phi) is 5.15. The summed E-state index contributed by atoms with van der Waals surface area (Å²) >= 11 is 0. The molecule has 2 aromatic carbocycles. The summed E-state index contributed by atoms with van der Waals surface area (Å²) in [5.41, 5.74) is 0.732. The molecule has 6 nitrogen and oxygen atoms in total. The summed E-state index contributed by atoms with van der Waals surface area (Å²) in [7, 11) is -3.91. The fraction of sp³-hybridized carbons (Fsp3) is 0.333. The van der Waals surface area contributed by atoms with Crippen molar-refractivity contribution < 1.29 is 13.3 Å². The highest BCUT2D eigenvalue weighted by atomic mass is 32.2. The van der Waals surface area contributed by atoms with E-state index in [1.165, 1.54) is 28.6 Å². The number of para-hydroxylation sites is 1. The second-order valence-electron chi connectivity index (χ2n) is 6.19. The van der Waals surface area contributed by atoms with Crippen LogP contribution in [-0.2, 0) is 10.0 Å². The van der Waals surface area contributed by atoms with Gasteiger partial charge in [-0.2, -0.15) is 4.31 Å². The average molecular weight is 360 g/mol. The van der Waals surface area contributed by atoms with E-state index in [0.717, 1.165) is 24.8 Å². The molecule has 1 fully saturated rings. The Morgan fingerprint density at radius 1 is 1.00 bits per heavy atom. The van der Waals surface area contributed by atoms with E-state index < -0.39 is 14.9 Å². The molecule has 25 heavy (non-hydrogen) atoms. The van der Waals surface area contributed by atoms with E-state index in [-0.39, 0.29) is 16.5 Å². The van der Waals surface area contributed by atoms with Crippen molar-refractivity contribution in [3.63, 3.8) is 0 Å². The Hall–Kier alpha value is -2.25. The SMILES string of the molecule is O=[N+]([O-])c1ccccc1S(=O)(=O)N1CCCCC(c2ccccc2)C1. The number of benzene rings is 2. The Labute approximate surface area is 147 Å². The van der Waals surface area contributed by atoms with Crippen LogP contribution in [0.1, 0.15) is 30.7 Å². The minimum atomic E-state index is -3.91. The van der Waals surface area contributed by atoms with E-state index in [1.54, 1.807) is 0 Å². The summed E-state index contributed by atoms with van der Waals surface area (Å²) in [6, 6.07) is 15.4. The standard InChI is InChI=1S/C18H20N2O4S/c21-20(22)17-11-4-5-12-18(17)25(23,24)19-13-7-6-10-16(14-19)15-8-2-1-3-9-15/h1-5,8-9,11-12,16H,6-7,10,13-14H2. The van der Waals surface area contributed by atoms with E-state index in [2.05, 4.69) is 0 Å². The van der Waals surface area contributed by atoms with Gasteiger partial charge in [0, 0.05) is 19.2 Å². The average Bonchev–Trinajstić information content (AvgIpc) is 2.89. The first-order chi connectivity index (χ1) is 12.0. The lowest BCUT2D eigenvalue weighted by Gasteiger charge is -2.24. The molecule has 3 rings (SSSR count). The van der Waals surface area contributed by atoms with Crippen LogP contribution in [0, 0.1) is 10.1 Å². The van der Waals surface area contributed by atoms with Crippen molar-refractivity contribution in [2.45, 2.75) is 30.1 Å². The van der Waals surface area contributed by atoms with E-state index >= 15 is 0 Å². The van der Waals surface area contributed by atoms with Gasteiger partial charge in [0.15, 0.2) is 4.90 Å². The number of nitrogens with zero attached hydrogens (tertiary/aromatic N) is 2. The molecule has 0 spiro atoms. The summed E-state index contributed by atoms with van der Waals surface area (Å²) in [5.74, 6) is 0.0984. The first-order valence-corrected chi connectivity index (χ1v) is 9.72. The topological polar surface area (TPSA) is 80.5 Å². The van der Waals surface area contributed by atoms with Crippen LogP contribution in [0.4, 0.5) is 5.69 Å². The molecule has 0 aromatic heterocycles. The van der Waals surface area contributed by atoms with Crippen molar-refractivity contribution in [1.82, 2.24) is 4.31 Å². The largest absolute Gasteiger partial charge is 0.289 e. The molecule has 1 aliphatic rings. The summed E-state index contributed by atoms with van der Waals surface area (Å²) in [4.78, 5) is 10.4. The van der Waals surface area contributed by atoms with E-state index in [0.29, 0.717) is 13.1 Å². The van der Waals surface area contributed by atoms with E-state index in [4.69, 9.17) is 0 Å². The molecule has 132 valence electrons. The molecule has 0 amide bonds. The van der Waals surface area contributed by atoms with Crippen molar-refractivity contribution in [3.8, 4) is 0 Å². The molecule has 0 bridgehead atoms. The lowest BCUT2D eigenvalue weighted by Crippen LogP contribution is -2.34. The maximum Gasteiger partial charge on any atom is 0.289 e. The van der Waals surface area contributed by atoms with E-state index in [9.17, 15) is 18.5 Å². The number of rotatable bonds is 4. The predicted molar refractivity (Wildman–Crippen MR) is 94.9 cm³/mol. The van der Waals surface area contributed by atoms with Gasteiger partial charge in [-0.1, -0.05) is 48.9 Å². The molecule has 0 N–H and O–H groups in total. The molecular weight excluding hydrogens is 340 g/mol. The zero-order valence-electron chi connectivity index (χ0n) is 13.7. The molecule has 0 aliphatic carbocycles. The van der Waals surface area contributed by atoms with Crippen molar-refractivity contribution in [2.24, 2.45) is 0 Å². The summed E-state index contributed by atoms with van der Waals surface area (Å²) in [6.45, 7) is 0.732. The summed E-state index contributed by atoms with van der Waals surface area (Å²) in [6.07, 6.45) is 2.60. The van der Waals surface area contributed by atoms with Crippen LogP contribution in [0.2, 0.25) is 0 Å². The fourth-order valence-electron chi connectivity index (χ4n) is 3.29. The number of hydrogen-bond acceptors (Lipinski definition) is 4. The lowest BCUT2D eigenvalue weighted by atomic mass is 9.95. The van der Waals surface area contributed by atoms with Crippen molar-refractivity contribution in [3.05, 3.63) is 70.3 Å². The number of nitro benzene ring substituents is 1. The summed E-state index contributed by atoms with van der Waals surface area (Å²) in [5, 5.41) is 11.2. The van der Waals surface area contributed by atoms with Crippen LogP contribution >= 0.6 is 0 Å². The molecule has 2 aromatic rings. The molecular formula is C18H20N2O4S. The van der Waals surface area contributed by atoms with Gasteiger partial charge in [-0.25, -0.2) is 8.42 Å². The zero-order valence-corrected chi connectivity index (χ0v) is 14.6. The van der Waals surface area contributed by atoms with Crippen LogP contribution in [0.5, 0.6) is 0 Å². The maximum atomic E-state index is 13.1. The van der Waals surface area contributed by atoms with Gasteiger partial charge in [-0.15, -0.1) is 0 Å². The monoisotopic (exact) mass is 360 g/mol. The van der Waals surface area contributed by atoms with Crippen LogP contribution in [-0.4, -0.2) is 30.7 Å². The smallest absolute Gasteiger partial charge is 0.258 e. The first-order valence-electron chi connectivity index (χ1n) is 8.28. The first kappa shape index (κ1) is 17.6. The van der Waals surface area contributed by atoms with E-state index in [1.807, 2.05) is 30.3 Å². The highest BCUT2D eigenvalue weighted by Crippen LogP contribution is 2.32. The number of nitro groups is 1. The number of hydrogen-bond donors (Lipinski definition) is 0. The molecule has 7 heteroatoms. The number of sulfonamides is 1.